The normalized spacial score (nSPS) is 11.2. The topological polar surface area (TPSA) is 68.9 Å². The van der Waals surface area contributed by atoms with Gasteiger partial charge < -0.3 is 20.5 Å². The van der Waals surface area contributed by atoms with Crippen LogP contribution in [0.2, 0.25) is 0 Å². The lowest BCUT2D eigenvalue weighted by Gasteiger charge is -2.09. The smallest absolute Gasteiger partial charge is 0.193 e. The molecule has 0 aliphatic heterocycles. The molecule has 3 N–H and O–H groups in total. The summed E-state index contributed by atoms with van der Waals surface area (Å²) >= 11 is 0. The highest BCUT2D eigenvalue weighted by Crippen LogP contribution is 2.27. The number of anilines is 1. The van der Waals surface area contributed by atoms with Crippen molar-refractivity contribution < 1.29 is 9.47 Å². The number of aryl methyl sites for hydroxylation is 2. The third-order valence-corrected chi connectivity index (χ3v) is 3.68. The number of hydrogen-bond donors (Lipinski definition) is 2. The molecular weight excluding hydrogens is 302 g/mol. The quantitative estimate of drug-likeness (QED) is 0.465. The number of nitrogens with zero attached hydrogens (tertiary/aromatic N) is 1. The van der Waals surface area contributed by atoms with Gasteiger partial charge in [-0.25, -0.2) is 0 Å². The Balaban J connectivity index is 1.82. The summed E-state index contributed by atoms with van der Waals surface area (Å²) in [5.41, 5.74) is 9.26. The van der Waals surface area contributed by atoms with Gasteiger partial charge in [0.1, 0.15) is 0 Å². The summed E-state index contributed by atoms with van der Waals surface area (Å²) in [5, 5.41) is 3.09. The molecule has 0 saturated carbocycles. The van der Waals surface area contributed by atoms with Crippen LogP contribution in [0.4, 0.5) is 5.69 Å². The number of aliphatic imine (C=N–C) groups is 1. The van der Waals surface area contributed by atoms with Crippen molar-refractivity contribution in [1.82, 2.24) is 0 Å². The maximum atomic E-state index is 5.91. The summed E-state index contributed by atoms with van der Waals surface area (Å²) in [6.45, 7) is 2.72. The lowest BCUT2D eigenvalue weighted by atomic mass is 10.1. The van der Waals surface area contributed by atoms with Crippen molar-refractivity contribution in [2.24, 2.45) is 10.7 Å². The van der Waals surface area contributed by atoms with E-state index < -0.39 is 0 Å². The third kappa shape index (κ3) is 5.19. The number of methoxy groups -OCH3 is 2. The van der Waals surface area contributed by atoms with Crippen LogP contribution in [0.1, 0.15) is 17.5 Å². The molecule has 0 amide bonds. The summed E-state index contributed by atoms with van der Waals surface area (Å²) in [6.07, 6.45) is 1.81. The van der Waals surface area contributed by atoms with Crippen LogP contribution in [0.25, 0.3) is 0 Å². The Hall–Kier alpha value is -2.69. The molecule has 2 aromatic rings. The minimum atomic E-state index is 0.436. The Labute approximate surface area is 143 Å². The molecule has 0 atom stereocenters. The van der Waals surface area contributed by atoms with Gasteiger partial charge >= 0.3 is 0 Å². The molecule has 0 spiro atoms. The van der Waals surface area contributed by atoms with E-state index in [9.17, 15) is 0 Å². The minimum Gasteiger partial charge on any atom is -0.493 e. The van der Waals surface area contributed by atoms with Crippen molar-refractivity contribution in [2.45, 2.75) is 19.8 Å². The molecule has 0 saturated heterocycles. The first kappa shape index (κ1) is 17.7. The van der Waals surface area contributed by atoms with Gasteiger partial charge in [0.05, 0.1) is 14.2 Å². The predicted molar refractivity (Wildman–Crippen MR) is 99.2 cm³/mol. The molecule has 128 valence electrons. The van der Waals surface area contributed by atoms with Crippen LogP contribution in [0.5, 0.6) is 11.5 Å². The van der Waals surface area contributed by atoms with E-state index in [4.69, 9.17) is 15.2 Å². The highest BCUT2D eigenvalue weighted by molar-refractivity contribution is 5.92. The van der Waals surface area contributed by atoms with Crippen molar-refractivity contribution in [3.63, 3.8) is 0 Å². The van der Waals surface area contributed by atoms with Gasteiger partial charge in [-0.3, -0.25) is 4.99 Å². The average molecular weight is 327 g/mol. The van der Waals surface area contributed by atoms with E-state index in [0.717, 1.165) is 30.0 Å². The highest BCUT2D eigenvalue weighted by Gasteiger charge is 2.04. The van der Waals surface area contributed by atoms with Crippen LogP contribution in [0, 0.1) is 6.92 Å². The first-order valence-electron chi connectivity index (χ1n) is 7.97. The summed E-state index contributed by atoms with van der Waals surface area (Å²) in [4.78, 5) is 4.36. The van der Waals surface area contributed by atoms with Crippen molar-refractivity contribution in [3.05, 3.63) is 53.6 Å². The first-order valence-corrected chi connectivity index (χ1v) is 7.97. The van der Waals surface area contributed by atoms with E-state index >= 15 is 0 Å². The van der Waals surface area contributed by atoms with Crippen LogP contribution in [0.15, 0.2) is 47.5 Å². The fraction of sp³-hybridized carbons (Fsp3) is 0.316. The minimum absolute atomic E-state index is 0.436. The lowest BCUT2D eigenvalue weighted by Crippen LogP contribution is -2.22. The number of hydrogen-bond acceptors (Lipinski definition) is 3. The molecular formula is C19H25N3O2. The standard InChI is InChI=1S/C19H25N3O2/c1-14-6-9-16(10-7-14)22-19(20)21-12-4-5-15-8-11-17(23-2)18(13-15)24-3/h6-11,13H,4-5,12H2,1-3H3,(H3,20,21,22). The SMILES string of the molecule is COc1ccc(CCCN=C(N)Nc2ccc(C)cc2)cc1OC. The second-order valence-electron chi connectivity index (χ2n) is 5.55. The number of rotatable bonds is 7. The molecule has 2 aromatic carbocycles. The second kappa shape index (κ2) is 8.82. The first-order chi connectivity index (χ1) is 11.6. The van der Waals surface area contributed by atoms with Gasteiger partial charge in [0.25, 0.3) is 0 Å². The zero-order valence-corrected chi connectivity index (χ0v) is 14.5. The Morgan fingerprint density at radius 1 is 1.04 bits per heavy atom. The zero-order valence-electron chi connectivity index (χ0n) is 14.5. The Morgan fingerprint density at radius 3 is 2.42 bits per heavy atom. The molecule has 0 aromatic heterocycles. The van der Waals surface area contributed by atoms with Crippen LogP contribution >= 0.6 is 0 Å². The number of nitrogens with one attached hydrogen (secondary N) is 1. The molecule has 5 heteroatoms. The number of benzene rings is 2. The van der Waals surface area contributed by atoms with Crippen LogP contribution in [-0.2, 0) is 6.42 Å². The second-order valence-corrected chi connectivity index (χ2v) is 5.55. The summed E-state index contributed by atoms with van der Waals surface area (Å²) in [7, 11) is 3.28. The van der Waals surface area contributed by atoms with E-state index in [1.165, 1.54) is 11.1 Å². The maximum Gasteiger partial charge on any atom is 0.193 e. The molecule has 0 radical (unpaired) electrons. The molecule has 0 aliphatic carbocycles. The molecule has 0 fully saturated rings. The van der Waals surface area contributed by atoms with E-state index in [1.807, 2.05) is 42.5 Å². The number of guanidine groups is 1. The molecule has 5 nitrogen and oxygen atoms in total. The van der Waals surface area contributed by atoms with E-state index in [-0.39, 0.29) is 0 Å². The largest absolute Gasteiger partial charge is 0.493 e. The number of ether oxygens (including phenoxy) is 2. The predicted octanol–water partition coefficient (Wildman–Crippen LogP) is 3.37. The van der Waals surface area contributed by atoms with Crippen LogP contribution in [-0.4, -0.2) is 26.7 Å². The van der Waals surface area contributed by atoms with Gasteiger partial charge in [-0.05, 0) is 49.6 Å². The van der Waals surface area contributed by atoms with Crippen molar-refractivity contribution in [3.8, 4) is 11.5 Å². The molecule has 0 heterocycles. The van der Waals surface area contributed by atoms with Crippen molar-refractivity contribution >= 4 is 11.6 Å². The van der Waals surface area contributed by atoms with E-state index in [0.29, 0.717) is 12.5 Å². The maximum absolute atomic E-state index is 5.91. The Bertz CT molecular complexity index is 682. The van der Waals surface area contributed by atoms with Gasteiger partial charge in [0.2, 0.25) is 0 Å². The van der Waals surface area contributed by atoms with Crippen molar-refractivity contribution in [2.75, 3.05) is 26.1 Å². The fourth-order valence-corrected chi connectivity index (χ4v) is 2.34. The molecule has 0 aliphatic rings. The monoisotopic (exact) mass is 327 g/mol. The van der Waals surface area contributed by atoms with Gasteiger partial charge in [-0.1, -0.05) is 23.8 Å². The van der Waals surface area contributed by atoms with Crippen LogP contribution < -0.4 is 20.5 Å². The highest BCUT2D eigenvalue weighted by atomic mass is 16.5. The molecule has 2 rings (SSSR count). The number of nitrogens with two attached hydrogens (primary N) is 1. The van der Waals surface area contributed by atoms with Crippen molar-refractivity contribution in [1.29, 1.82) is 0 Å². The third-order valence-electron chi connectivity index (χ3n) is 3.68. The molecule has 24 heavy (non-hydrogen) atoms. The zero-order chi connectivity index (χ0) is 17.4. The summed E-state index contributed by atoms with van der Waals surface area (Å²) in [5.74, 6) is 1.93. The van der Waals surface area contributed by atoms with E-state index in [1.54, 1.807) is 14.2 Å². The fourth-order valence-electron chi connectivity index (χ4n) is 2.34. The Kier molecular flexibility index (Phi) is 6.49. The Morgan fingerprint density at radius 2 is 1.75 bits per heavy atom. The summed E-state index contributed by atoms with van der Waals surface area (Å²) in [6, 6.07) is 14.0. The average Bonchev–Trinajstić information content (AvgIpc) is 2.60. The molecule has 0 bridgehead atoms. The van der Waals surface area contributed by atoms with Gasteiger partial charge in [-0.15, -0.1) is 0 Å². The van der Waals surface area contributed by atoms with Crippen LogP contribution in [0.3, 0.4) is 0 Å². The van der Waals surface area contributed by atoms with Gasteiger partial charge in [0.15, 0.2) is 17.5 Å². The molecule has 0 unspecified atom stereocenters. The van der Waals surface area contributed by atoms with Gasteiger partial charge in [0, 0.05) is 12.2 Å². The lowest BCUT2D eigenvalue weighted by molar-refractivity contribution is 0.354. The summed E-state index contributed by atoms with van der Waals surface area (Å²) < 4.78 is 10.6. The van der Waals surface area contributed by atoms with E-state index in [2.05, 4.69) is 17.2 Å². The van der Waals surface area contributed by atoms with Gasteiger partial charge in [-0.2, -0.15) is 0 Å².